The number of nitrogens with one attached hydrogen (secondary N) is 1. The van der Waals surface area contributed by atoms with E-state index >= 15 is 0 Å². The second-order valence-corrected chi connectivity index (χ2v) is 3.36. The highest BCUT2D eigenvalue weighted by molar-refractivity contribution is 5.13. The van der Waals surface area contributed by atoms with Crippen molar-refractivity contribution in [3.05, 3.63) is 11.3 Å². The molecule has 1 heterocycles. The molecule has 2 nitrogen and oxygen atoms in total. The summed E-state index contributed by atoms with van der Waals surface area (Å²) in [6.07, 6.45) is 7.84. The molecule has 0 amide bonds. The van der Waals surface area contributed by atoms with Gasteiger partial charge in [-0.05, 0) is 24.8 Å². The molecule has 2 aliphatic rings. The molecule has 0 unspecified atom stereocenters. The largest absolute Gasteiger partial charge is 0.413 e. The van der Waals surface area contributed by atoms with Crippen molar-refractivity contribution in [3.8, 4) is 0 Å². The van der Waals surface area contributed by atoms with Gasteiger partial charge in [-0.25, -0.2) is 0 Å². The van der Waals surface area contributed by atoms with Gasteiger partial charge in [-0.1, -0.05) is 12.8 Å². The van der Waals surface area contributed by atoms with Crippen molar-refractivity contribution in [3.63, 3.8) is 0 Å². The van der Waals surface area contributed by atoms with Gasteiger partial charge in [0.2, 0.25) is 0 Å². The molecule has 11 heavy (non-hydrogen) atoms. The van der Waals surface area contributed by atoms with Gasteiger partial charge in [0.1, 0.15) is 5.76 Å². The van der Waals surface area contributed by atoms with Crippen LogP contribution in [0, 0.1) is 0 Å². The zero-order valence-electron chi connectivity index (χ0n) is 6.86. The van der Waals surface area contributed by atoms with Crippen LogP contribution in [0.4, 0.5) is 0 Å². The lowest BCUT2D eigenvalue weighted by Crippen LogP contribution is -2.06. The number of hydroxylamine groups is 1. The molecule has 0 saturated carbocycles. The summed E-state index contributed by atoms with van der Waals surface area (Å²) in [6.45, 7) is 0.968. The first kappa shape index (κ1) is 7.17. The number of hydrogen-bond donors (Lipinski definition) is 1. The van der Waals surface area contributed by atoms with Crippen LogP contribution < -0.4 is 5.48 Å². The molecule has 0 spiro atoms. The molecule has 1 N–H and O–H groups in total. The van der Waals surface area contributed by atoms with E-state index in [4.69, 9.17) is 4.84 Å². The second kappa shape index (κ2) is 3.26. The van der Waals surface area contributed by atoms with Crippen LogP contribution in [0.3, 0.4) is 0 Å². The summed E-state index contributed by atoms with van der Waals surface area (Å²) in [7, 11) is 0. The van der Waals surface area contributed by atoms with Crippen molar-refractivity contribution in [2.45, 2.75) is 38.5 Å². The summed E-state index contributed by atoms with van der Waals surface area (Å²) in [5, 5.41) is 0. The standard InChI is InChI=1S/C9H15NO/c1-2-4-6-9-8(5-3-1)7-10-11-9/h10H,1-7H2. The average molecular weight is 153 g/mol. The quantitative estimate of drug-likeness (QED) is 0.575. The first-order valence-corrected chi connectivity index (χ1v) is 4.57. The third kappa shape index (κ3) is 1.56. The van der Waals surface area contributed by atoms with Crippen LogP contribution in [-0.2, 0) is 4.84 Å². The van der Waals surface area contributed by atoms with Gasteiger partial charge in [-0.2, -0.15) is 5.48 Å². The van der Waals surface area contributed by atoms with Crippen LogP contribution in [0.2, 0.25) is 0 Å². The Hall–Kier alpha value is -0.500. The molecule has 1 aliphatic heterocycles. The van der Waals surface area contributed by atoms with E-state index in [-0.39, 0.29) is 0 Å². The SMILES string of the molecule is C1CCCC2=C(CC1)CNO2. The van der Waals surface area contributed by atoms with Crippen LogP contribution in [0.1, 0.15) is 38.5 Å². The molecule has 2 rings (SSSR count). The number of allylic oxidation sites excluding steroid dienone is 1. The minimum absolute atomic E-state index is 0.968. The zero-order chi connectivity index (χ0) is 7.52. The minimum atomic E-state index is 0.968. The Balaban J connectivity index is 2.05. The van der Waals surface area contributed by atoms with Gasteiger partial charge < -0.3 is 4.84 Å². The molecule has 1 aliphatic carbocycles. The minimum Gasteiger partial charge on any atom is -0.413 e. The van der Waals surface area contributed by atoms with Crippen LogP contribution in [-0.4, -0.2) is 6.54 Å². The Bertz CT molecular complexity index is 156. The molecular weight excluding hydrogens is 138 g/mol. The van der Waals surface area contributed by atoms with Crippen LogP contribution in [0.25, 0.3) is 0 Å². The second-order valence-electron chi connectivity index (χ2n) is 3.36. The first-order valence-electron chi connectivity index (χ1n) is 4.57. The van der Waals surface area contributed by atoms with Crippen molar-refractivity contribution >= 4 is 0 Å². The average Bonchev–Trinajstić information content (AvgIpc) is 2.35. The third-order valence-corrected chi connectivity index (χ3v) is 2.51. The fourth-order valence-corrected chi connectivity index (χ4v) is 1.81. The van der Waals surface area contributed by atoms with Gasteiger partial charge in [-0.3, -0.25) is 0 Å². The van der Waals surface area contributed by atoms with Crippen LogP contribution in [0.5, 0.6) is 0 Å². The maximum Gasteiger partial charge on any atom is 0.124 e. The van der Waals surface area contributed by atoms with Crippen molar-refractivity contribution in [1.29, 1.82) is 0 Å². The molecule has 0 aromatic rings. The first-order chi connectivity index (χ1) is 5.47. The Morgan fingerprint density at radius 1 is 1.00 bits per heavy atom. The molecule has 0 aromatic carbocycles. The lowest BCUT2D eigenvalue weighted by atomic mass is 9.99. The molecule has 0 atom stereocenters. The fraction of sp³-hybridized carbons (Fsp3) is 0.778. The van der Waals surface area contributed by atoms with E-state index in [1.807, 2.05) is 0 Å². The molecule has 62 valence electrons. The molecule has 2 heteroatoms. The summed E-state index contributed by atoms with van der Waals surface area (Å²) in [5.74, 6) is 1.24. The van der Waals surface area contributed by atoms with E-state index in [0.29, 0.717) is 0 Å². The summed E-state index contributed by atoms with van der Waals surface area (Å²) in [4.78, 5) is 5.32. The predicted octanol–water partition coefficient (Wildman–Crippen LogP) is 2.13. The molecule has 0 aromatic heterocycles. The highest BCUT2D eigenvalue weighted by Crippen LogP contribution is 2.25. The monoisotopic (exact) mass is 153 g/mol. The van der Waals surface area contributed by atoms with E-state index in [1.165, 1.54) is 43.4 Å². The highest BCUT2D eigenvalue weighted by atomic mass is 16.7. The fourth-order valence-electron chi connectivity index (χ4n) is 1.81. The Morgan fingerprint density at radius 2 is 1.82 bits per heavy atom. The van der Waals surface area contributed by atoms with E-state index in [9.17, 15) is 0 Å². The maximum atomic E-state index is 5.32. The van der Waals surface area contributed by atoms with Gasteiger partial charge in [0.25, 0.3) is 0 Å². The van der Waals surface area contributed by atoms with Crippen molar-refractivity contribution in [1.82, 2.24) is 5.48 Å². The highest BCUT2D eigenvalue weighted by Gasteiger charge is 2.16. The van der Waals surface area contributed by atoms with E-state index in [2.05, 4.69) is 5.48 Å². The zero-order valence-corrected chi connectivity index (χ0v) is 6.86. The van der Waals surface area contributed by atoms with Crippen LogP contribution >= 0.6 is 0 Å². The Morgan fingerprint density at radius 3 is 2.73 bits per heavy atom. The number of rotatable bonds is 0. The van der Waals surface area contributed by atoms with Crippen molar-refractivity contribution in [2.24, 2.45) is 0 Å². The van der Waals surface area contributed by atoms with Crippen LogP contribution in [0.15, 0.2) is 11.3 Å². The predicted molar refractivity (Wildman–Crippen MR) is 43.8 cm³/mol. The molecule has 0 radical (unpaired) electrons. The van der Waals surface area contributed by atoms with E-state index in [0.717, 1.165) is 13.0 Å². The van der Waals surface area contributed by atoms with Crippen molar-refractivity contribution in [2.75, 3.05) is 6.54 Å². The maximum absolute atomic E-state index is 5.32. The summed E-state index contributed by atoms with van der Waals surface area (Å²) < 4.78 is 0. The van der Waals surface area contributed by atoms with Gasteiger partial charge >= 0.3 is 0 Å². The molecular formula is C9H15NO. The Kier molecular flexibility index (Phi) is 2.13. The third-order valence-electron chi connectivity index (χ3n) is 2.51. The van der Waals surface area contributed by atoms with Gasteiger partial charge in [0, 0.05) is 6.42 Å². The molecule has 0 saturated heterocycles. The molecule has 0 bridgehead atoms. The van der Waals surface area contributed by atoms with E-state index in [1.54, 1.807) is 0 Å². The smallest absolute Gasteiger partial charge is 0.124 e. The summed E-state index contributed by atoms with van der Waals surface area (Å²) >= 11 is 0. The molecule has 0 fully saturated rings. The lowest BCUT2D eigenvalue weighted by Gasteiger charge is -2.08. The van der Waals surface area contributed by atoms with Gasteiger partial charge in [0.15, 0.2) is 0 Å². The summed E-state index contributed by atoms with van der Waals surface area (Å²) in [5.41, 5.74) is 4.46. The van der Waals surface area contributed by atoms with Gasteiger partial charge in [0.05, 0.1) is 6.54 Å². The Labute approximate surface area is 67.6 Å². The lowest BCUT2D eigenvalue weighted by molar-refractivity contribution is 0.131. The van der Waals surface area contributed by atoms with Gasteiger partial charge in [-0.15, -0.1) is 0 Å². The summed E-state index contributed by atoms with van der Waals surface area (Å²) in [6, 6.07) is 0. The topological polar surface area (TPSA) is 21.3 Å². The van der Waals surface area contributed by atoms with Crippen molar-refractivity contribution < 1.29 is 4.84 Å². The number of hydrogen-bond acceptors (Lipinski definition) is 2. The normalized spacial score (nSPS) is 25.5. The van der Waals surface area contributed by atoms with E-state index < -0.39 is 0 Å².